The van der Waals surface area contributed by atoms with Crippen LogP contribution in [0.4, 0.5) is 68.2 Å². The maximum Gasteiger partial charge on any atom is 0.252 e. The van der Waals surface area contributed by atoms with Gasteiger partial charge in [0.2, 0.25) is 0 Å². The molecule has 4 heterocycles. The summed E-state index contributed by atoms with van der Waals surface area (Å²) in [6.07, 6.45) is 0. The first-order valence-corrected chi connectivity index (χ1v) is 39.5. The maximum atomic E-state index is 2.74. The number of nitrogens with zero attached hydrogens (tertiary/aromatic N) is 4. The van der Waals surface area contributed by atoms with Crippen molar-refractivity contribution in [2.45, 2.75) is 131 Å². The molecule has 0 saturated carbocycles. The quantitative estimate of drug-likeness (QED) is 0.134. The van der Waals surface area contributed by atoms with Crippen LogP contribution in [0, 0.1) is 0 Å². The lowest BCUT2D eigenvalue weighted by Crippen LogP contribution is -2.65. The van der Waals surface area contributed by atoms with Crippen LogP contribution in [0.3, 0.4) is 0 Å². The summed E-state index contributed by atoms with van der Waals surface area (Å²) in [5.41, 5.74) is 38.8. The zero-order valence-electron chi connectivity index (χ0n) is 66.4. The fourth-order valence-electron chi connectivity index (χ4n) is 17.9. The van der Waals surface area contributed by atoms with Crippen LogP contribution < -0.4 is 52.4 Å². The predicted molar refractivity (Wildman–Crippen MR) is 475 cm³/mol. The number of hydrogen-bond acceptors (Lipinski definition) is 4. The first-order valence-electron chi connectivity index (χ1n) is 39.5. The number of anilines is 12. The van der Waals surface area contributed by atoms with Gasteiger partial charge < -0.3 is 19.6 Å². The van der Waals surface area contributed by atoms with Gasteiger partial charge >= 0.3 is 0 Å². The minimum absolute atomic E-state index is 0.0490. The normalized spacial score (nSPS) is 13.7. The third-order valence-corrected chi connectivity index (χ3v) is 23.8. The van der Waals surface area contributed by atoms with Gasteiger partial charge in [-0.15, -0.1) is 0 Å². The van der Waals surface area contributed by atoms with E-state index in [4.69, 9.17) is 0 Å². The van der Waals surface area contributed by atoms with Crippen molar-refractivity contribution < 1.29 is 0 Å². The van der Waals surface area contributed by atoms with Crippen molar-refractivity contribution in [1.29, 1.82) is 0 Å². The van der Waals surface area contributed by atoms with E-state index in [2.05, 4.69) is 433 Å². The Hall–Kier alpha value is -11.6. The van der Waals surface area contributed by atoms with Crippen LogP contribution in [0.25, 0.3) is 55.6 Å². The van der Waals surface area contributed by atoms with Crippen LogP contribution in [0.2, 0.25) is 0 Å². The fraction of sp³-hybridized carbons (Fsp3) is 0.192. The van der Waals surface area contributed by atoms with E-state index in [1.807, 2.05) is 0 Å². The maximum absolute atomic E-state index is 2.74. The van der Waals surface area contributed by atoms with Crippen molar-refractivity contribution in [3.63, 3.8) is 0 Å². The summed E-state index contributed by atoms with van der Waals surface area (Å²) in [5.74, 6) is 0. The minimum atomic E-state index is -0.285. The zero-order valence-corrected chi connectivity index (χ0v) is 66.4. The molecule has 0 radical (unpaired) electrons. The fourth-order valence-corrected chi connectivity index (χ4v) is 17.9. The molecule has 4 nitrogen and oxygen atoms in total. The monoisotopic (exact) mass is 1420 g/mol. The second-order valence-electron chi connectivity index (χ2n) is 36.2. The van der Waals surface area contributed by atoms with Crippen molar-refractivity contribution in [3.8, 4) is 55.6 Å². The molecule has 0 aromatic heterocycles. The molecular weight excluding hydrogens is 1330 g/mol. The van der Waals surface area contributed by atoms with Gasteiger partial charge in [-0.2, -0.15) is 0 Å². The molecule has 4 aliphatic rings. The molecule has 0 N–H and O–H groups in total. The summed E-state index contributed by atoms with van der Waals surface area (Å²) in [5, 5.41) is 0. The molecule has 0 fully saturated rings. The van der Waals surface area contributed by atoms with E-state index >= 15 is 0 Å². The van der Waals surface area contributed by atoms with Gasteiger partial charge in [0.15, 0.2) is 0 Å². The van der Waals surface area contributed by atoms with Gasteiger partial charge in [0.05, 0.1) is 11.4 Å². The van der Waals surface area contributed by atoms with Gasteiger partial charge in [-0.1, -0.05) is 347 Å². The van der Waals surface area contributed by atoms with E-state index in [-0.39, 0.29) is 40.5 Å². The molecule has 0 aliphatic carbocycles. The highest BCUT2D eigenvalue weighted by molar-refractivity contribution is 7.03. The lowest BCUT2D eigenvalue weighted by molar-refractivity contribution is 0.589. The van der Waals surface area contributed by atoms with Crippen molar-refractivity contribution in [2.24, 2.45) is 0 Å². The van der Waals surface area contributed by atoms with Crippen molar-refractivity contribution in [3.05, 3.63) is 337 Å². The Morgan fingerprint density at radius 1 is 0.191 bits per heavy atom. The molecule has 4 aliphatic heterocycles. The van der Waals surface area contributed by atoms with Crippen LogP contribution in [-0.4, -0.2) is 13.4 Å². The zero-order chi connectivity index (χ0) is 76.1. The van der Waals surface area contributed by atoms with Crippen molar-refractivity contribution in [2.75, 3.05) is 19.6 Å². The summed E-state index contributed by atoms with van der Waals surface area (Å²) in [6.45, 7) is 34.9. The first kappa shape index (κ1) is 70.1. The third-order valence-electron chi connectivity index (χ3n) is 23.8. The summed E-state index contributed by atoms with van der Waals surface area (Å²) >= 11 is 0. The third kappa shape index (κ3) is 11.8. The van der Waals surface area contributed by atoms with Gasteiger partial charge in [0, 0.05) is 79.1 Å². The van der Waals surface area contributed by atoms with Crippen molar-refractivity contribution >= 4 is 114 Å². The molecule has 110 heavy (non-hydrogen) atoms. The van der Waals surface area contributed by atoms with Gasteiger partial charge in [-0.25, -0.2) is 0 Å². The van der Waals surface area contributed by atoms with E-state index in [1.165, 1.54) is 111 Å². The molecule has 0 bridgehead atoms. The molecule has 538 valence electrons. The molecule has 0 spiro atoms. The number of fused-ring (bicyclic) bond motifs is 8. The van der Waals surface area contributed by atoms with Crippen LogP contribution in [0.15, 0.2) is 309 Å². The van der Waals surface area contributed by atoms with Gasteiger partial charge in [0.1, 0.15) is 0 Å². The number of para-hydroxylation sites is 2. The molecular formula is C104H96B2N4. The van der Waals surface area contributed by atoms with E-state index in [0.29, 0.717) is 0 Å². The highest BCUT2D eigenvalue weighted by Crippen LogP contribution is 2.56. The van der Waals surface area contributed by atoms with Crippen LogP contribution in [-0.2, 0) is 27.1 Å². The highest BCUT2D eigenvalue weighted by Gasteiger charge is 2.50. The minimum Gasteiger partial charge on any atom is -0.311 e. The van der Waals surface area contributed by atoms with E-state index < -0.39 is 0 Å². The second kappa shape index (κ2) is 26.1. The van der Waals surface area contributed by atoms with E-state index in [0.717, 1.165) is 73.2 Å². The average molecular weight is 1420 g/mol. The lowest BCUT2D eigenvalue weighted by Gasteiger charge is -2.48. The summed E-state index contributed by atoms with van der Waals surface area (Å²) in [4.78, 5) is 10.8. The Morgan fingerprint density at radius 3 is 0.809 bits per heavy atom. The Bertz CT molecular complexity index is 5800. The van der Waals surface area contributed by atoms with Crippen LogP contribution >= 0.6 is 0 Å². The van der Waals surface area contributed by atoms with Gasteiger partial charge in [-0.3, -0.25) is 0 Å². The number of rotatable bonds is 9. The molecule has 18 rings (SSSR count). The van der Waals surface area contributed by atoms with Gasteiger partial charge in [0.25, 0.3) is 13.4 Å². The SMILES string of the molecule is CC(C)(C)c1ccc(N2c3cc(C(C)(C)C)ccc3B3c4cc5c(cc4N(c4c(-c6ccccc6)cccc4-c4ccccc4)c4cc(-c6ccccc6)cc2c43)N(c2ccc(C(C)(C)C)cc2)c2cc(C(C)(C)C)cc3c2B5c2ccc(C(C)(C)C)cc2N3c2c(-c3ccccc3)cccc2-c2ccccc2)cc1. The van der Waals surface area contributed by atoms with Gasteiger partial charge in [-0.05, 0) is 188 Å². The van der Waals surface area contributed by atoms with Crippen LogP contribution in [0.5, 0.6) is 0 Å². The predicted octanol–water partition coefficient (Wildman–Crippen LogP) is 24.7. The molecule has 0 atom stereocenters. The van der Waals surface area contributed by atoms with E-state index in [1.54, 1.807) is 0 Å². The molecule has 0 amide bonds. The standard InChI is InChI=1S/C104H96B2N4/c1-100(2,3)73-47-53-78(54-48-73)107-88-61-75(102(7,8)9)51-57-84(88)105-87-65-86-90(66-91(87)110(93-60-72(59-92(107)96(93)105)67-33-21-16-22-34-67)99-82(70-39-27-19-28-40-70)45-32-46-83(99)71-41-29-20-30-42-71)108(79-55-49-74(50-56-79)101(4,5)6)94-63-77(104(13,14)15)64-95-97(94)106(86)85-58-52-76(103(10,11)12)62-89(85)109(95)98-80(68-35-23-17-24-36-68)43-31-44-81(98)69-37-25-18-26-38-69/h16-66H,1-15H3. The highest BCUT2D eigenvalue weighted by atomic mass is 15.2. The molecule has 6 heteroatoms. The smallest absolute Gasteiger partial charge is 0.252 e. The average Bonchev–Trinajstić information content (AvgIpc) is 0.679. The summed E-state index contributed by atoms with van der Waals surface area (Å²) < 4.78 is 0. The second-order valence-corrected chi connectivity index (χ2v) is 36.2. The lowest BCUT2D eigenvalue weighted by atomic mass is 9.30. The summed E-state index contributed by atoms with van der Waals surface area (Å²) in [6, 6.07) is 119. The van der Waals surface area contributed by atoms with E-state index in [9.17, 15) is 0 Å². The largest absolute Gasteiger partial charge is 0.311 e. The van der Waals surface area contributed by atoms with Crippen LogP contribution in [0.1, 0.15) is 132 Å². The Morgan fingerprint density at radius 2 is 0.464 bits per heavy atom. The Labute approximate surface area is 653 Å². The summed E-state index contributed by atoms with van der Waals surface area (Å²) in [7, 11) is 0. The van der Waals surface area contributed by atoms with Crippen molar-refractivity contribution in [1.82, 2.24) is 0 Å². The first-order chi connectivity index (χ1) is 52.8. The Kier molecular flexibility index (Phi) is 16.6. The molecule has 14 aromatic carbocycles. The molecule has 0 saturated heterocycles. The molecule has 0 unspecified atom stereocenters. The molecule has 14 aromatic rings. The number of hydrogen-bond donors (Lipinski definition) is 0. The number of benzene rings is 14. The Balaban J connectivity index is 1.03. The topological polar surface area (TPSA) is 13.0 Å².